The van der Waals surface area contributed by atoms with Crippen molar-refractivity contribution in [1.29, 1.82) is 0 Å². The van der Waals surface area contributed by atoms with E-state index in [0.29, 0.717) is 5.82 Å². The fourth-order valence-electron chi connectivity index (χ4n) is 1.49. The van der Waals surface area contributed by atoms with Gasteiger partial charge in [-0.2, -0.15) is 5.10 Å². The summed E-state index contributed by atoms with van der Waals surface area (Å²) < 4.78 is 0. The molecule has 0 fully saturated rings. The molecule has 18 heavy (non-hydrogen) atoms. The minimum atomic E-state index is -0.593. The highest BCUT2D eigenvalue weighted by Gasteiger charge is 2.16. The summed E-state index contributed by atoms with van der Waals surface area (Å²) in [6.45, 7) is 1.93. The first-order valence-electron chi connectivity index (χ1n) is 5.28. The Hall–Kier alpha value is -2.64. The largest absolute Gasteiger partial charge is 0.358 e. The number of nitro groups is 1. The number of H-pyrrole nitrogens is 2. The second-order valence-electron chi connectivity index (χ2n) is 3.59. The molecule has 8 nitrogen and oxygen atoms in total. The Balaban J connectivity index is 2.14. The molecular formula is C10H11N5O3. The normalized spacial score (nSPS) is 10.3. The minimum absolute atomic E-state index is 0.123. The lowest BCUT2D eigenvalue weighted by Crippen LogP contribution is -2.13. The molecular weight excluding hydrogens is 238 g/mol. The van der Waals surface area contributed by atoms with Crippen molar-refractivity contribution in [2.24, 2.45) is 0 Å². The van der Waals surface area contributed by atoms with Gasteiger partial charge in [-0.25, -0.2) is 4.98 Å². The molecule has 0 saturated carbocycles. The van der Waals surface area contributed by atoms with Gasteiger partial charge in [0, 0.05) is 11.6 Å². The number of amides is 1. The third-order valence-corrected chi connectivity index (χ3v) is 2.45. The van der Waals surface area contributed by atoms with E-state index in [1.807, 2.05) is 6.92 Å². The highest BCUT2D eigenvalue weighted by Crippen LogP contribution is 2.14. The fourth-order valence-corrected chi connectivity index (χ4v) is 1.49. The van der Waals surface area contributed by atoms with Gasteiger partial charge in [-0.3, -0.25) is 9.89 Å². The van der Waals surface area contributed by atoms with Crippen LogP contribution in [0, 0.1) is 10.1 Å². The Bertz CT molecular complexity index is 586. The van der Waals surface area contributed by atoms with Gasteiger partial charge in [0.15, 0.2) is 5.69 Å². The first-order valence-corrected chi connectivity index (χ1v) is 5.28. The zero-order chi connectivity index (χ0) is 13.1. The Morgan fingerprint density at radius 1 is 1.56 bits per heavy atom. The number of rotatable bonds is 4. The number of carbonyl (C=O) groups is 1. The summed E-state index contributed by atoms with van der Waals surface area (Å²) in [6, 6.07) is 2.60. The van der Waals surface area contributed by atoms with Gasteiger partial charge in [0.2, 0.25) is 0 Å². The van der Waals surface area contributed by atoms with Crippen molar-refractivity contribution < 1.29 is 9.72 Å². The molecule has 0 spiro atoms. The molecule has 0 saturated heterocycles. The van der Waals surface area contributed by atoms with Crippen LogP contribution in [-0.2, 0) is 6.42 Å². The van der Waals surface area contributed by atoms with Gasteiger partial charge in [0.1, 0.15) is 5.82 Å². The Labute approximate surface area is 102 Å². The van der Waals surface area contributed by atoms with Gasteiger partial charge in [-0.1, -0.05) is 6.92 Å². The summed E-state index contributed by atoms with van der Waals surface area (Å²) >= 11 is 0. The molecule has 1 amide bonds. The van der Waals surface area contributed by atoms with Crippen LogP contribution in [0.15, 0.2) is 18.3 Å². The average Bonchev–Trinajstić information content (AvgIpc) is 2.96. The molecule has 94 valence electrons. The summed E-state index contributed by atoms with van der Waals surface area (Å²) in [5.41, 5.74) is 0.989. The summed E-state index contributed by atoms with van der Waals surface area (Å²) in [5.74, 6) is -0.178. The van der Waals surface area contributed by atoms with E-state index in [1.165, 1.54) is 12.1 Å². The molecule has 0 unspecified atom stereocenters. The van der Waals surface area contributed by atoms with Gasteiger partial charge >= 0.3 is 5.82 Å². The van der Waals surface area contributed by atoms with Crippen molar-refractivity contribution >= 4 is 17.5 Å². The van der Waals surface area contributed by atoms with Gasteiger partial charge in [0.25, 0.3) is 5.91 Å². The van der Waals surface area contributed by atoms with Crippen LogP contribution in [0.1, 0.15) is 23.0 Å². The van der Waals surface area contributed by atoms with Crippen molar-refractivity contribution in [3.63, 3.8) is 0 Å². The number of aromatic amines is 2. The maximum atomic E-state index is 11.8. The molecule has 2 aromatic heterocycles. The van der Waals surface area contributed by atoms with E-state index in [4.69, 9.17) is 0 Å². The van der Waals surface area contributed by atoms with Crippen molar-refractivity contribution in [3.8, 4) is 0 Å². The quantitative estimate of drug-likeness (QED) is 0.561. The summed E-state index contributed by atoms with van der Waals surface area (Å²) in [5, 5.41) is 19.6. The smallest absolute Gasteiger partial charge is 0.321 e. The molecule has 0 aliphatic carbocycles. The molecule has 0 aliphatic rings. The fraction of sp³-hybridized carbons (Fsp3) is 0.200. The predicted octanol–water partition coefficient (Wildman–Crippen LogP) is 1.46. The number of nitrogens with one attached hydrogen (secondary N) is 3. The summed E-state index contributed by atoms with van der Waals surface area (Å²) in [6.07, 6.45) is 2.34. The zero-order valence-corrected chi connectivity index (χ0v) is 9.56. The van der Waals surface area contributed by atoms with Crippen molar-refractivity contribution in [2.45, 2.75) is 13.3 Å². The topological polar surface area (TPSA) is 117 Å². The Morgan fingerprint density at radius 2 is 2.33 bits per heavy atom. The van der Waals surface area contributed by atoms with E-state index in [0.717, 1.165) is 12.0 Å². The molecule has 2 aromatic rings. The summed E-state index contributed by atoms with van der Waals surface area (Å²) in [7, 11) is 0. The van der Waals surface area contributed by atoms with Gasteiger partial charge in [-0.15, -0.1) is 0 Å². The average molecular weight is 249 g/mol. The van der Waals surface area contributed by atoms with Gasteiger partial charge < -0.3 is 15.4 Å². The number of hydrogen-bond donors (Lipinski definition) is 3. The first-order chi connectivity index (χ1) is 8.61. The third kappa shape index (κ3) is 2.21. The van der Waals surface area contributed by atoms with Crippen LogP contribution in [0.2, 0.25) is 0 Å². The van der Waals surface area contributed by atoms with E-state index < -0.39 is 10.8 Å². The molecule has 0 radical (unpaired) electrons. The minimum Gasteiger partial charge on any atom is -0.358 e. The van der Waals surface area contributed by atoms with E-state index in [-0.39, 0.29) is 11.5 Å². The molecule has 8 heteroatoms. The van der Waals surface area contributed by atoms with Crippen LogP contribution in [0.25, 0.3) is 0 Å². The standard InChI is InChI=1S/C10H11N5O3/c1-2-6-5-11-14-9(6)13-10(16)7-3-4-8(12-7)15(17)18/h3-5,12H,2H2,1H3,(H2,11,13,14,16). The van der Waals surface area contributed by atoms with Crippen LogP contribution in [0.4, 0.5) is 11.6 Å². The van der Waals surface area contributed by atoms with E-state index >= 15 is 0 Å². The second kappa shape index (κ2) is 4.70. The second-order valence-corrected chi connectivity index (χ2v) is 3.59. The highest BCUT2D eigenvalue weighted by atomic mass is 16.6. The number of aryl methyl sites for hydroxylation is 1. The van der Waals surface area contributed by atoms with Crippen molar-refractivity contribution in [2.75, 3.05) is 5.32 Å². The zero-order valence-electron chi connectivity index (χ0n) is 9.56. The Kier molecular flexibility index (Phi) is 3.09. The van der Waals surface area contributed by atoms with Crippen LogP contribution >= 0.6 is 0 Å². The van der Waals surface area contributed by atoms with Gasteiger partial charge in [0.05, 0.1) is 6.20 Å². The van der Waals surface area contributed by atoms with Crippen LogP contribution in [0.5, 0.6) is 0 Å². The first kappa shape index (κ1) is 11.8. The molecule has 0 atom stereocenters. The number of aromatic nitrogens is 3. The number of nitrogens with zero attached hydrogens (tertiary/aromatic N) is 2. The van der Waals surface area contributed by atoms with E-state index in [9.17, 15) is 14.9 Å². The number of hydrogen-bond acceptors (Lipinski definition) is 4. The molecule has 2 heterocycles. The lowest BCUT2D eigenvalue weighted by molar-refractivity contribution is -0.389. The molecule has 0 aromatic carbocycles. The van der Waals surface area contributed by atoms with Crippen molar-refractivity contribution in [1.82, 2.24) is 15.2 Å². The third-order valence-electron chi connectivity index (χ3n) is 2.45. The molecule has 2 rings (SSSR count). The number of carbonyl (C=O) groups excluding carboxylic acids is 1. The predicted molar refractivity (Wildman–Crippen MR) is 63.4 cm³/mol. The van der Waals surface area contributed by atoms with E-state index in [1.54, 1.807) is 6.20 Å². The van der Waals surface area contributed by atoms with Crippen molar-refractivity contribution in [3.05, 3.63) is 39.7 Å². The maximum absolute atomic E-state index is 11.8. The Morgan fingerprint density at radius 3 is 2.94 bits per heavy atom. The number of anilines is 1. The summed E-state index contributed by atoms with van der Waals surface area (Å²) in [4.78, 5) is 24.1. The molecule has 0 bridgehead atoms. The highest BCUT2D eigenvalue weighted by molar-refractivity contribution is 6.03. The van der Waals surface area contributed by atoms with Crippen LogP contribution < -0.4 is 5.32 Å². The van der Waals surface area contributed by atoms with E-state index in [2.05, 4.69) is 20.5 Å². The van der Waals surface area contributed by atoms with Crippen LogP contribution in [-0.4, -0.2) is 26.0 Å². The molecule has 3 N–H and O–H groups in total. The lowest BCUT2D eigenvalue weighted by Gasteiger charge is -2.01. The maximum Gasteiger partial charge on any atom is 0.321 e. The van der Waals surface area contributed by atoms with Crippen LogP contribution in [0.3, 0.4) is 0 Å². The van der Waals surface area contributed by atoms with Gasteiger partial charge in [-0.05, 0) is 17.4 Å². The molecule has 0 aliphatic heterocycles. The monoisotopic (exact) mass is 249 g/mol. The lowest BCUT2D eigenvalue weighted by atomic mass is 10.2. The SMILES string of the molecule is CCc1cn[nH]c1NC(=O)c1ccc([N+](=O)[O-])[nH]1.